The fourth-order valence-electron chi connectivity index (χ4n) is 2.36. The molecule has 1 N–H and O–H groups in total. The number of hydrogen-bond donors (Lipinski definition) is 1. The number of hydrogen-bond acceptors (Lipinski definition) is 5. The minimum atomic E-state index is -1.03. The molecule has 0 bridgehead atoms. The molecule has 0 saturated heterocycles. The number of ether oxygens (including phenoxy) is 1. The van der Waals surface area contributed by atoms with Crippen molar-refractivity contribution in [1.29, 1.82) is 5.26 Å². The van der Waals surface area contributed by atoms with Gasteiger partial charge in [-0.3, -0.25) is 0 Å². The molecule has 0 amide bonds. The lowest BCUT2D eigenvalue weighted by Gasteiger charge is -2.09. The number of aromatic nitrogens is 1. The summed E-state index contributed by atoms with van der Waals surface area (Å²) in [5.74, 6) is -0.247. The second-order valence-electron chi connectivity index (χ2n) is 5.38. The fourth-order valence-corrected chi connectivity index (χ4v) is 2.36. The minimum absolute atomic E-state index is 0.0499. The van der Waals surface area contributed by atoms with E-state index >= 15 is 0 Å². The first-order chi connectivity index (χ1) is 11.5. The number of rotatable bonds is 4. The Bertz CT molecular complexity index is 983. The quantitative estimate of drug-likeness (QED) is 0.788. The molecule has 0 spiro atoms. The van der Waals surface area contributed by atoms with Gasteiger partial charge in [-0.25, -0.2) is 9.78 Å². The highest BCUT2D eigenvalue weighted by atomic mass is 16.5. The van der Waals surface area contributed by atoms with Crippen molar-refractivity contribution in [2.45, 2.75) is 20.5 Å². The number of aryl methyl sites for hydroxylation is 1. The van der Waals surface area contributed by atoms with Crippen LogP contribution >= 0.6 is 0 Å². The van der Waals surface area contributed by atoms with Gasteiger partial charge in [0.1, 0.15) is 17.3 Å². The second kappa shape index (κ2) is 6.05. The van der Waals surface area contributed by atoms with Crippen molar-refractivity contribution < 1.29 is 19.1 Å². The van der Waals surface area contributed by atoms with E-state index in [0.29, 0.717) is 28.3 Å². The molecule has 3 aromatic rings. The van der Waals surface area contributed by atoms with Gasteiger partial charge in [0.2, 0.25) is 5.89 Å². The minimum Gasteiger partial charge on any atom is -0.482 e. The summed E-state index contributed by atoms with van der Waals surface area (Å²) in [5.41, 5.74) is 3.44. The average Bonchev–Trinajstić information content (AvgIpc) is 2.97. The van der Waals surface area contributed by atoms with Crippen LogP contribution in [0.15, 0.2) is 34.7 Å². The van der Waals surface area contributed by atoms with Crippen LogP contribution in [0, 0.1) is 25.2 Å². The van der Waals surface area contributed by atoms with Crippen molar-refractivity contribution in [3.63, 3.8) is 0 Å². The molecule has 0 aliphatic heterocycles. The molecule has 120 valence electrons. The maximum atomic E-state index is 11.0. The predicted octanol–water partition coefficient (Wildman–Crippen LogP) is 3.59. The number of carbonyl (C=O) groups is 1. The summed E-state index contributed by atoms with van der Waals surface area (Å²) >= 11 is 0. The first-order valence-electron chi connectivity index (χ1n) is 7.25. The van der Waals surface area contributed by atoms with Crippen LogP contribution in [-0.4, -0.2) is 16.1 Å². The van der Waals surface area contributed by atoms with Crippen molar-refractivity contribution >= 4 is 17.1 Å². The third-order valence-electron chi connectivity index (χ3n) is 3.84. The maximum Gasteiger partial charge on any atom is 0.335 e. The van der Waals surface area contributed by atoms with Gasteiger partial charge in [-0.05, 0) is 49.2 Å². The molecule has 2 aromatic carbocycles. The third-order valence-corrected chi connectivity index (χ3v) is 3.84. The molecule has 24 heavy (non-hydrogen) atoms. The SMILES string of the molecule is Cc1ccc(OCc2nc3ccc(C(=O)O)cc3o2)c(C#N)c1C. The van der Waals surface area contributed by atoms with Crippen LogP contribution in [0.25, 0.3) is 11.1 Å². The first-order valence-corrected chi connectivity index (χ1v) is 7.25. The van der Waals surface area contributed by atoms with Crippen LogP contribution in [0.4, 0.5) is 0 Å². The number of fused-ring (bicyclic) bond motifs is 1. The van der Waals surface area contributed by atoms with Gasteiger partial charge in [-0.2, -0.15) is 5.26 Å². The molecule has 1 heterocycles. The lowest BCUT2D eigenvalue weighted by molar-refractivity contribution is 0.0697. The second-order valence-corrected chi connectivity index (χ2v) is 5.38. The van der Waals surface area contributed by atoms with E-state index in [9.17, 15) is 10.1 Å². The number of benzene rings is 2. The molecule has 0 unspecified atom stereocenters. The average molecular weight is 322 g/mol. The highest BCUT2D eigenvalue weighted by Crippen LogP contribution is 2.25. The maximum absolute atomic E-state index is 11.0. The topological polar surface area (TPSA) is 96.3 Å². The predicted molar refractivity (Wildman–Crippen MR) is 85.9 cm³/mol. The molecule has 0 aliphatic carbocycles. The van der Waals surface area contributed by atoms with Gasteiger partial charge in [-0.1, -0.05) is 6.07 Å². The van der Waals surface area contributed by atoms with E-state index in [1.54, 1.807) is 12.1 Å². The van der Waals surface area contributed by atoms with Gasteiger partial charge in [-0.15, -0.1) is 0 Å². The highest BCUT2D eigenvalue weighted by Gasteiger charge is 2.13. The summed E-state index contributed by atoms with van der Waals surface area (Å²) < 4.78 is 11.2. The van der Waals surface area contributed by atoms with E-state index < -0.39 is 5.97 Å². The largest absolute Gasteiger partial charge is 0.482 e. The van der Waals surface area contributed by atoms with Crippen LogP contribution in [0.5, 0.6) is 5.75 Å². The molecule has 6 heteroatoms. The molecule has 0 radical (unpaired) electrons. The molecule has 3 rings (SSSR count). The Balaban J connectivity index is 1.85. The third kappa shape index (κ3) is 2.79. The van der Waals surface area contributed by atoms with Gasteiger partial charge >= 0.3 is 5.97 Å². The van der Waals surface area contributed by atoms with E-state index in [-0.39, 0.29) is 12.2 Å². The van der Waals surface area contributed by atoms with E-state index in [1.807, 2.05) is 19.9 Å². The molecular weight excluding hydrogens is 308 g/mol. The van der Waals surface area contributed by atoms with E-state index in [0.717, 1.165) is 11.1 Å². The first kappa shape index (κ1) is 15.6. The standard InChI is InChI=1S/C18H14N2O4/c1-10-3-6-15(13(8-19)11(10)2)23-9-17-20-14-5-4-12(18(21)22)7-16(14)24-17/h3-7H,9H2,1-2H3,(H,21,22). The zero-order chi connectivity index (χ0) is 17.3. The summed E-state index contributed by atoms with van der Waals surface area (Å²) in [5, 5.41) is 18.3. The summed E-state index contributed by atoms with van der Waals surface area (Å²) in [6.45, 7) is 3.85. The van der Waals surface area contributed by atoms with Gasteiger partial charge in [0, 0.05) is 0 Å². The van der Waals surface area contributed by atoms with Crippen molar-refractivity contribution in [3.05, 3.63) is 58.5 Å². The highest BCUT2D eigenvalue weighted by molar-refractivity contribution is 5.91. The summed E-state index contributed by atoms with van der Waals surface area (Å²) in [7, 11) is 0. The van der Waals surface area contributed by atoms with Gasteiger partial charge in [0.15, 0.2) is 12.2 Å². The van der Waals surface area contributed by atoms with Crippen molar-refractivity contribution in [2.24, 2.45) is 0 Å². The number of carboxylic acids is 1. The molecular formula is C18H14N2O4. The Morgan fingerprint density at radius 2 is 2.12 bits per heavy atom. The number of nitrogens with zero attached hydrogens (tertiary/aromatic N) is 2. The summed E-state index contributed by atoms with van der Waals surface area (Å²) in [6.07, 6.45) is 0. The Morgan fingerprint density at radius 3 is 2.83 bits per heavy atom. The normalized spacial score (nSPS) is 10.5. The number of oxazole rings is 1. The summed E-state index contributed by atoms with van der Waals surface area (Å²) in [4.78, 5) is 15.2. The van der Waals surface area contributed by atoms with E-state index in [2.05, 4.69) is 11.1 Å². The lowest BCUT2D eigenvalue weighted by atomic mass is 10.0. The van der Waals surface area contributed by atoms with Gasteiger partial charge in [0.05, 0.1) is 11.1 Å². The number of aromatic carboxylic acids is 1. The van der Waals surface area contributed by atoms with Crippen LogP contribution < -0.4 is 4.74 Å². The molecule has 1 aromatic heterocycles. The van der Waals surface area contributed by atoms with Crippen LogP contribution in [0.3, 0.4) is 0 Å². The molecule has 0 aliphatic rings. The molecule has 0 fully saturated rings. The lowest BCUT2D eigenvalue weighted by Crippen LogP contribution is -1.99. The Labute approximate surface area is 137 Å². The van der Waals surface area contributed by atoms with Crippen LogP contribution in [-0.2, 0) is 6.61 Å². The fraction of sp³-hybridized carbons (Fsp3) is 0.167. The zero-order valence-corrected chi connectivity index (χ0v) is 13.2. The van der Waals surface area contributed by atoms with E-state index in [4.69, 9.17) is 14.3 Å². The van der Waals surface area contributed by atoms with Gasteiger partial charge in [0.25, 0.3) is 0 Å². The summed E-state index contributed by atoms with van der Waals surface area (Å²) in [6, 6.07) is 10.2. The smallest absolute Gasteiger partial charge is 0.335 e. The van der Waals surface area contributed by atoms with Crippen LogP contribution in [0.2, 0.25) is 0 Å². The molecule has 0 atom stereocenters. The van der Waals surface area contributed by atoms with Crippen molar-refractivity contribution in [3.8, 4) is 11.8 Å². The van der Waals surface area contributed by atoms with Crippen LogP contribution in [0.1, 0.15) is 32.9 Å². The van der Waals surface area contributed by atoms with Crippen molar-refractivity contribution in [1.82, 2.24) is 4.98 Å². The molecule has 0 saturated carbocycles. The number of carboxylic acid groups (broad SMARTS) is 1. The Hall–Kier alpha value is -3.33. The van der Waals surface area contributed by atoms with Gasteiger partial charge < -0.3 is 14.3 Å². The Morgan fingerprint density at radius 1 is 1.33 bits per heavy atom. The van der Waals surface area contributed by atoms with Crippen molar-refractivity contribution in [2.75, 3.05) is 0 Å². The monoisotopic (exact) mass is 322 g/mol. The van der Waals surface area contributed by atoms with E-state index in [1.165, 1.54) is 12.1 Å². The number of nitriles is 1. The molecule has 6 nitrogen and oxygen atoms in total. The zero-order valence-electron chi connectivity index (χ0n) is 13.2. The Kier molecular flexibility index (Phi) is 3.92.